The molecule has 1 N–H and O–H groups in total. The van der Waals surface area contributed by atoms with Gasteiger partial charge < -0.3 is 4.74 Å². The molecule has 0 aliphatic carbocycles. The van der Waals surface area contributed by atoms with Crippen LogP contribution in [0.4, 0.5) is 0 Å². The Morgan fingerprint density at radius 1 is 1.18 bits per heavy atom. The molecule has 0 saturated carbocycles. The number of hydrazone groups is 1. The van der Waals surface area contributed by atoms with Crippen molar-refractivity contribution in [3.05, 3.63) is 42.5 Å². The van der Waals surface area contributed by atoms with Crippen LogP contribution in [0.15, 0.2) is 47.6 Å². The largest absolute Gasteiger partial charge is 0.483 e. The van der Waals surface area contributed by atoms with Crippen molar-refractivity contribution in [2.24, 2.45) is 5.10 Å². The average Bonchev–Trinajstić information content (AvgIpc) is 2.56. The molecule has 0 aliphatic heterocycles. The van der Waals surface area contributed by atoms with Crippen molar-refractivity contribution >= 4 is 22.4 Å². The third-order valence-electron chi connectivity index (χ3n) is 3.37. The lowest BCUT2D eigenvalue weighted by Crippen LogP contribution is -2.25. The minimum atomic E-state index is -0.246. The molecule has 22 heavy (non-hydrogen) atoms. The van der Waals surface area contributed by atoms with Gasteiger partial charge in [0.05, 0.1) is 0 Å². The van der Waals surface area contributed by atoms with Crippen molar-refractivity contribution in [3.8, 4) is 5.75 Å². The molecule has 0 atom stereocenters. The molecule has 0 heterocycles. The minimum absolute atomic E-state index is 0.0431. The second-order valence-corrected chi connectivity index (χ2v) is 5.25. The molecule has 1 amide bonds. The van der Waals surface area contributed by atoms with Gasteiger partial charge >= 0.3 is 0 Å². The van der Waals surface area contributed by atoms with Gasteiger partial charge in [-0.3, -0.25) is 4.79 Å². The molecule has 0 saturated heterocycles. The van der Waals surface area contributed by atoms with Gasteiger partial charge in [0.2, 0.25) is 0 Å². The number of benzene rings is 2. The molecule has 2 aromatic rings. The quantitative estimate of drug-likeness (QED) is 0.622. The smallest absolute Gasteiger partial charge is 0.277 e. The van der Waals surface area contributed by atoms with Crippen LogP contribution in [0.2, 0.25) is 0 Å². The van der Waals surface area contributed by atoms with Gasteiger partial charge in [-0.15, -0.1) is 0 Å². The van der Waals surface area contributed by atoms with Crippen LogP contribution in [0.1, 0.15) is 33.1 Å². The standard InChI is InChI=1S/C18H22N2O2/c1-3-4-8-14(2)19-20-18(21)13-22-17-12-7-10-15-9-5-6-11-16(15)17/h5-7,9-12H,3-4,8,13H2,1-2H3,(H,20,21)/b19-14+. The summed E-state index contributed by atoms with van der Waals surface area (Å²) in [7, 11) is 0. The summed E-state index contributed by atoms with van der Waals surface area (Å²) in [6, 6.07) is 13.7. The topological polar surface area (TPSA) is 50.7 Å². The first-order valence-corrected chi connectivity index (χ1v) is 7.63. The number of hydrogen-bond acceptors (Lipinski definition) is 3. The molecule has 0 spiro atoms. The van der Waals surface area contributed by atoms with Gasteiger partial charge in [0.15, 0.2) is 6.61 Å². The number of hydrogen-bond donors (Lipinski definition) is 1. The normalized spacial score (nSPS) is 11.5. The van der Waals surface area contributed by atoms with Gasteiger partial charge in [-0.05, 0) is 31.2 Å². The number of nitrogens with one attached hydrogen (secondary N) is 1. The third kappa shape index (κ3) is 4.58. The monoisotopic (exact) mass is 298 g/mol. The Bertz CT molecular complexity index is 660. The van der Waals surface area contributed by atoms with E-state index in [2.05, 4.69) is 17.5 Å². The Kier molecular flexibility index (Phi) is 5.95. The average molecular weight is 298 g/mol. The first-order valence-electron chi connectivity index (χ1n) is 7.63. The molecule has 4 nitrogen and oxygen atoms in total. The molecular weight excluding hydrogens is 276 g/mol. The van der Waals surface area contributed by atoms with Crippen molar-refractivity contribution in [2.75, 3.05) is 6.61 Å². The molecule has 0 radical (unpaired) electrons. The summed E-state index contributed by atoms with van der Waals surface area (Å²) in [6.45, 7) is 4.00. The highest BCUT2D eigenvalue weighted by Crippen LogP contribution is 2.24. The minimum Gasteiger partial charge on any atom is -0.483 e. The predicted octanol–water partition coefficient (Wildman–Crippen LogP) is 3.90. The fourth-order valence-corrected chi connectivity index (χ4v) is 2.14. The van der Waals surface area contributed by atoms with Gasteiger partial charge in [0.25, 0.3) is 5.91 Å². The molecule has 116 valence electrons. The Labute approximate surface area is 131 Å². The van der Waals surface area contributed by atoms with E-state index in [1.165, 1.54) is 0 Å². The molecule has 2 aromatic carbocycles. The number of rotatable bonds is 7. The maximum atomic E-state index is 11.8. The maximum Gasteiger partial charge on any atom is 0.277 e. The lowest BCUT2D eigenvalue weighted by atomic mass is 10.1. The van der Waals surface area contributed by atoms with Crippen LogP contribution in [0, 0.1) is 0 Å². The number of unbranched alkanes of at least 4 members (excludes halogenated alkanes) is 1. The summed E-state index contributed by atoms with van der Waals surface area (Å²) in [5.41, 5.74) is 3.46. The van der Waals surface area contributed by atoms with Crippen molar-refractivity contribution in [1.29, 1.82) is 0 Å². The number of ether oxygens (including phenoxy) is 1. The summed E-state index contributed by atoms with van der Waals surface area (Å²) in [4.78, 5) is 11.8. The van der Waals surface area contributed by atoms with Crippen LogP contribution in [-0.4, -0.2) is 18.2 Å². The van der Waals surface area contributed by atoms with Crippen LogP contribution in [-0.2, 0) is 4.79 Å². The zero-order valence-electron chi connectivity index (χ0n) is 13.1. The number of nitrogens with zero attached hydrogens (tertiary/aromatic N) is 1. The molecule has 2 rings (SSSR count). The number of carbonyl (C=O) groups is 1. The zero-order chi connectivity index (χ0) is 15.8. The number of carbonyl (C=O) groups excluding carboxylic acids is 1. The third-order valence-corrected chi connectivity index (χ3v) is 3.37. The number of fused-ring (bicyclic) bond motifs is 1. The van der Waals surface area contributed by atoms with E-state index < -0.39 is 0 Å². The lowest BCUT2D eigenvalue weighted by molar-refractivity contribution is -0.123. The zero-order valence-corrected chi connectivity index (χ0v) is 13.1. The Hall–Kier alpha value is -2.36. The van der Waals surface area contributed by atoms with Crippen LogP contribution < -0.4 is 10.2 Å². The molecule has 0 bridgehead atoms. The predicted molar refractivity (Wildman–Crippen MR) is 90.2 cm³/mol. The highest BCUT2D eigenvalue weighted by molar-refractivity contribution is 5.89. The highest BCUT2D eigenvalue weighted by atomic mass is 16.5. The maximum absolute atomic E-state index is 11.8. The van der Waals surface area contributed by atoms with E-state index in [-0.39, 0.29) is 12.5 Å². The van der Waals surface area contributed by atoms with Gasteiger partial charge in [-0.25, -0.2) is 5.43 Å². The summed E-state index contributed by atoms with van der Waals surface area (Å²) in [5.74, 6) is 0.462. The van der Waals surface area contributed by atoms with Gasteiger partial charge in [-0.2, -0.15) is 5.10 Å². The Balaban J connectivity index is 1.90. The molecule has 0 fully saturated rings. The molecule has 0 unspecified atom stereocenters. The van der Waals surface area contributed by atoms with Crippen molar-refractivity contribution in [3.63, 3.8) is 0 Å². The summed E-state index contributed by atoms with van der Waals surface area (Å²) in [5, 5.41) is 6.17. The van der Waals surface area contributed by atoms with Crippen molar-refractivity contribution in [2.45, 2.75) is 33.1 Å². The highest BCUT2D eigenvalue weighted by Gasteiger charge is 2.05. The SMILES string of the molecule is CCCC/C(C)=N/NC(=O)COc1cccc2ccccc12. The molecule has 0 aromatic heterocycles. The molecule has 4 heteroatoms. The van der Waals surface area contributed by atoms with Crippen molar-refractivity contribution in [1.82, 2.24) is 5.43 Å². The van der Waals surface area contributed by atoms with Crippen LogP contribution in [0.3, 0.4) is 0 Å². The first kappa shape index (κ1) is 16.0. The summed E-state index contributed by atoms with van der Waals surface area (Å²) in [6.07, 6.45) is 3.10. The van der Waals surface area contributed by atoms with E-state index in [1.807, 2.05) is 49.4 Å². The van der Waals surface area contributed by atoms with Gasteiger partial charge in [0.1, 0.15) is 5.75 Å². The van der Waals surface area contributed by atoms with E-state index in [0.717, 1.165) is 35.7 Å². The first-order chi connectivity index (χ1) is 10.7. The van der Waals surface area contributed by atoms with E-state index in [9.17, 15) is 4.79 Å². The van der Waals surface area contributed by atoms with Gasteiger partial charge in [-0.1, -0.05) is 49.7 Å². The lowest BCUT2D eigenvalue weighted by Gasteiger charge is -2.08. The fourth-order valence-electron chi connectivity index (χ4n) is 2.14. The Morgan fingerprint density at radius 3 is 2.77 bits per heavy atom. The van der Waals surface area contributed by atoms with E-state index in [4.69, 9.17) is 4.74 Å². The van der Waals surface area contributed by atoms with E-state index >= 15 is 0 Å². The van der Waals surface area contributed by atoms with Crippen LogP contribution in [0.25, 0.3) is 10.8 Å². The molecular formula is C18H22N2O2. The van der Waals surface area contributed by atoms with Gasteiger partial charge in [0, 0.05) is 11.1 Å². The fraction of sp³-hybridized carbons (Fsp3) is 0.333. The van der Waals surface area contributed by atoms with E-state index in [0.29, 0.717) is 5.75 Å². The van der Waals surface area contributed by atoms with E-state index in [1.54, 1.807) is 0 Å². The second kappa shape index (κ2) is 8.17. The molecule has 0 aliphatic rings. The Morgan fingerprint density at radius 2 is 1.95 bits per heavy atom. The van der Waals surface area contributed by atoms with Crippen LogP contribution in [0.5, 0.6) is 5.75 Å². The summed E-state index contributed by atoms with van der Waals surface area (Å²) >= 11 is 0. The van der Waals surface area contributed by atoms with Crippen LogP contribution >= 0.6 is 0 Å². The number of amides is 1. The summed E-state index contributed by atoms with van der Waals surface area (Å²) < 4.78 is 5.61. The second-order valence-electron chi connectivity index (χ2n) is 5.25. The van der Waals surface area contributed by atoms with Crippen molar-refractivity contribution < 1.29 is 9.53 Å².